The molecule has 0 saturated heterocycles. The smallest absolute Gasteiger partial charge is 0.150 e. The third-order valence-corrected chi connectivity index (χ3v) is 3.72. The summed E-state index contributed by atoms with van der Waals surface area (Å²) in [6, 6.07) is 11.6. The monoisotopic (exact) mass is 266 g/mol. The molecule has 0 heterocycles. The van der Waals surface area contributed by atoms with Gasteiger partial charge in [0.05, 0.1) is 5.02 Å². The predicted octanol–water partition coefficient (Wildman–Crippen LogP) is 4.44. The van der Waals surface area contributed by atoms with Crippen molar-refractivity contribution in [3.8, 4) is 0 Å². The van der Waals surface area contributed by atoms with Crippen molar-refractivity contribution >= 4 is 29.6 Å². The summed E-state index contributed by atoms with van der Waals surface area (Å²) >= 11 is 7.22. The Bertz CT molecular complexity index is 557. The highest BCUT2D eigenvalue weighted by molar-refractivity contribution is 7.99. The van der Waals surface area contributed by atoms with Gasteiger partial charge in [-0.2, -0.15) is 0 Å². The van der Waals surface area contributed by atoms with Crippen molar-refractivity contribution in [1.29, 1.82) is 0 Å². The summed E-state index contributed by atoms with van der Waals surface area (Å²) in [6.07, 6.45) is 0.618. The zero-order valence-corrected chi connectivity index (χ0v) is 10.3. The molecule has 0 aliphatic rings. The Balaban J connectivity index is 2.31. The molecule has 0 radical (unpaired) electrons. The van der Waals surface area contributed by atoms with Gasteiger partial charge in [-0.15, -0.1) is 0 Å². The molecule has 0 fully saturated rings. The van der Waals surface area contributed by atoms with Crippen molar-refractivity contribution in [2.75, 3.05) is 0 Å². The highest BCUT2D eigenvalue weighted by atomic mass is 35.5. The fourth-order valence-electron chi connectivity index (χ4n) is 1.32. The van der Waals surface area contributed by atoms with E-state index in [-0.39, 0.29) is 0 Å². The first-order valence-electron chi connectivity index (χ1n) is 4.88. The quantitative estimate of drug-likeness (QED) is 0.764. The van der Waals surface area contributed by atoms with Gasteiger partial charge in [0.1, 0.15) is 12.1 Å². The van der Waals surface area contributed by atoms with Crippen molar-refractivity contribution in [2.24, 2.45) is 0 Å². The minimum Gasteiger partial charge on any atom is -0.298 e. The molecule has 86 valence electrons. The third-order valence-electron chi connectivity index (χ3n) is 2.15. The van der Waals surface area contributed by atoms with E-state index in [4.69, 9.17) is 11.6 Å². The normalized spacial score (nSPS) is 10.2. The van der Waals surface area contributed by atoms with Crippen molar-refractivity contribution in [1.82, 2.24) is 0 Å². The molecular weight excluding hydrogens is 259 g/mol. The lowest BCUT2D eigenvalue weighted by Crippen LogP contribution is -1.86. The van der Waals surface area contributed by atoms with E-state index in [2.05, 4.69) is 0 Å². The van der Waals surface area contributed by atoms with Gasteiger partial charge in [-0.3, -0.25) is 4.79 Å². The van der Waals surface area contributed by atoms with Gasteiger partial charge in [-0.05, 0) is 24.3 Å². The highest BCUT2D eigenvalue weighted by Crippen LogP contribution is 2.34. The summed E-state index contributed by atoms with van der Waals surface area (Å²) in [5.74, 6) is -0.417. The topological polar surface area (TPSA) is 17.1 Å². The number of aldehydes is 1. The number of hydrogen-bond acceptors (Lipinski definition) is 2. The van der Waals surface area contributed by atoms with Crippen molar-refractivity contribution in [2.45, 2.75) is 9.79 Å². The Hall–Kier alpha value is -1.32. The number of hydrogen-bond donors (Lipinski definition) is 0. The molecule has 0 amide bonds. The molecule has 2 aromatic rings. The molecule has 0 N–H and O–H groups in total. The van der Waals surface area contributed by atoms with E-state index in [1.165, 1.54) is 17.8 Å². The first kappa shape index (κ1) is 12.1. The summed E-state index contributed by atoms with van der Waals surface area (Å²) in [4.78, 5) is 11.7. The Morgan fingerprint density at radius 2 is 1.88 bits per heavy atom. The van der Waals surface area contributed by atoms with Crippen LogP contribution in [-0.2, 0) is 0 Å². The Labute approximate surface area is 108 Å². The summed E-state index contributed by atoms with van der Waals surface area (Å²) in [6.45, 7) is 0. The van der Waals surface area contributed by atoms with Gasteiger partial charge in [-0.1, -0.05) is 41.6 Å². The molecule has 17 heavy (non-hydrogen) atoms. The van der Waals surface area contributed by atoms with Gasteiger partial charge >= 0.3 is 0 Å². The van der Waals surface area contributed by atoms with Crippen LogP contribution in [0.3, 0.4) is 0 Å². The van der Waals surface area contributed by atoms with Crippen molar-refractivity contribution < 1.29 is 9.18 Å². The van der Waals surface area contributed by atoms with Gasteiger partial charge in [0, 0.05) is 15.4 Å². The fraction of sp³-hybridized carbons (Fsp3) is 0. The van der Waals surface area contributed by atoms with Crippen LogP contribution in [0.1, 0.15) is 10.4 Å². The number of rotatable bonds is 3. The van der Waals surface area contributed by atoms with Gasteiger partial charge in [0.15, 0.2) is 0 Å². The van der Waals surface area contributed by atoms with Crippen LogP contribution >= 0.6 is 23.4 Å². The molecule has 2 rings (SSSR count). The largest absolute Gasteiger partial charge is 0.298 e. The lowest BCUT2D eigenvalue weighted by atomic mass is 10.2. The lowest BCUT2D eigenvalue weighted by Gasteiger charge is -2.05. The van der Waals surface area contributed by atoms with Gasteiger partial charge in [0.2, 0.25) is 0 Å². The van der Waals surface area contributed by atoms with Gasteiger partial charge in [-0.25, -0.2) is 4.39 Å². The fourth-order valence-corrected chi connectivity index (χ4v) is 2.41. The molecule has 4 heteroatoms. The predicted molar refractivity (Wildman–Crippen MR) is 67.4 cm³/mol. The van der Waals surface area contributed by atoms with E-state index in [1.807, 2.05) is 18.2 Å². The second-order valence-corrected chi connectivity index (χ2v) is 4.83. The molecular formula is C13H8ClFOS. The second kappa shape index (κ2) is 5.34. The van der Waals surface area contributed by atoms with Crippen LogP contribution in [0.2, 0.25) is 5.02 Å². The van der Waals surface area contributed by atoms with Gasteiger partial charge < -0.3 is 0 Å². The Morgan fingerprint density at radius 3 is 2.53 bits per heavy atom. The number of carbonyl (C=O) groups is 1. The molecule has 0 aliphatic heterocycles. The van der Waals surface area contributed by atoms with Crippen molar-refractivity contribution in [3.05, 3.63) is 58.9 Å². The minimum atomic E-state index is -0.417. The summed E-state index contributed by atoms with van der Waals surface area (Å²) in [7, 11) is 0. The van der Waals surface area contributed by atoms with Crippen LogP contribution in [0.15, 0.2) is 52.3 Å². The van der Waals surface area contributed by atoms with E-state index in [1.54, 1.807) is 18.2 Å². The van der Waals surface area contributed by atoms with Crippen LogP contribution in [0.25, 0.3) is 0 Å². The first-order valence-corrected chi connectivity index (χ1v) is 6.07. The summed E-state index contributed by atoms with van der Waals surface area (Å²) in [5.41, 5.74) is 0.325. The summed E-state index contributed by atoms with van der Waals surface area (Å²) < 4.78 is 13.6. The van der Waals surface area contributed by atoms with E-state index < -0.39 is 5.82 Å². The maximum Gasteiger partial charge on any atom is 0.150 e. The lowest BCUT2D eigenvalue weighted by molar-refractivity contribution is 0.112. The molecule has 0 bridgehead atoms. The molecule has 0 aliphatic carbocycles. The van der Waals surface area contributed by atoms with E-state index >= 15 is 0 Å². The molecule has 2 aromatic carbocycles. The van der Waals surface area contributed by atoms with Crippen LogP contribution < -0.4 is 0 Å². The number of carbonyl (C=O) groups excluding carboxylic acids is 1. The zero-order valence-electron chi connectivity index (χ0n) is 8.69. The van der Waals surface area contributed by atoms with E-state index in [0.717, 1.165) is 4.90 Å². The molecule has 1 nitrogen and oxygen atoms in total. The van der Waals surface area contributed by atoms with E-state index in [0.29, 0.717) is 21.8 Å². The van der Waals surface area contributed by atoms with Gasteiger partial charge in [0.25, 0.3) is 0 Å². The zero-order chi connectivity index (χ0) is 12.3. The molecule has 0 spiro atoms. The van der Waals surface area contributed by atoms with Crippen molar-refractivity contribution in [3.63, 3.8) is 0 Å². The number of halogens is 2. The maximum absolute atomic E-state index is 13.6. The standard InChI is InChI=1S/C13H8ClFOS/c14-10-3-1-2-4-12(10)17-13-6-5-9(8-16)7-11(13)15/h1-8H. The molecule has 0 atom stereocenters. The highest BCUT2D eigenvalue weighted by Gasteiger charge is 2.07. The first-order chi connectivity index (χ1) is 8.20. The number of benzene rings is 2. The maximum atomic E-state index is 13.6. The van der Waals surface area contributed by atoms with Crippen LogP contribution in [0, 0.1) is 5.82 Å². The minimum absolute atomic E-state index is 0.325. The Morgan fingerprint density at radius 1 is 1.12 bits per heavy atom. The molecule has 0 aromatic heterocycles. The van der Waals surface area contributed by atoms with Crippen LogP contribution in [-0.4, -0.2) is 6.29 Å². The summed E-state index contributed by atoms with van der Waals surface area (Å²) in [5, 5.41) is 0.580. The SMILES string of the molecule is O=Cc1ccc(Sc2ccccc2Cl)c(F)c1. The average molecular weight is 267 g/mol. The van der Waals surface area contributed by atoms with Crippen LogP contribution in [0.5, 0.6) is 0 Å². The van der Waals surface area contributed by atoms with Crippen LogP contribution in [0.4, 0.5) is 4.39 Å². The molecule has 0 saturated carbocycles. The second-order valence-electron chi connectivity index (χ2n) is 3.34. The molecule has 0 unspecified atom stereocenters. The third kappa shape index (κ3) is 2.87. The Kier molecular flexibility index (Phi) is 3.82. The average Bonchev–Trinajstić information content (AvgIpc) is 2.34. The van der Waals surface area contributed by atoms with E-state index in [9.17, 15) is 9.18 Å².